The van der Waals surface area contributed by atoms with Crippen LogP contribution in [0, 0.1) is 17.3 Å². The van der Waals surface area contributed by atoms with E-state index in [1.54, 1.807) is 0 Å². The van der Waals surface area contributed by atoms with E-state index in [0.29, 0.717) is 5.41 Å². The predicted molar refractivity (Wildman–Crippen MR) is 67.2 cm³/mol. The topological polar surface area (TPSA) is 38.0 Å². The number of hydrogen-bond donors (Lipinski definition) is 2. The minimum Gasteiger partial charge on any atom is -0.330 e. The highest BCUT2D eigenvalue weighted by Crippen LogP contribution is 2.45. The molecule has 0 radical (unpaired) electrons. The molecule has 0 heterocycles. The normalized spacial score (nSPS) is 28.9. The number of hydrogen-bond acceptors (Lipinski definition) is 2. The molecule has 3 N–H and O–H groups in total. The molecule has 0 amide bonds. The van der Waals surface area contributed by atoms with E-state index in [9.17, 15) is 0 Å². The molecule has 3 saturated carbocycles. The third-order valence-electron chi connectivity index (χ3n) is 5.07. The Hall–Kier alpha value is -0.0800. The highest BCUT2D eigenvalue weighted by atomic mass is 15.0. The van der Waals surface area contributed by atoms with Gasteiger partial charge in [-0.15, -0.1) is 0 Å². The summed E-state index contributed by atoms with van der Waals surface area (Å²) in [5.41, 5.74) is 6.46. The number of nitrogens with two attached hydrogens (primary N) is 1. The molecule has 0 aromatic rings. The van der Waals surface area contributed by atoms with Gasteiger partial charge in [0, 0.05) is 12.6 Å². The van der Waals surface area contributed by atoms with Gasteiger partial charge in [-0.05, 0) is 62.3 Å². The highest BCUT2D eigenvalue weighted by Gasteiger charge is 2.42. The Balaban J connectivity index is 1.53. The Morgan fingerprint density at radius 2 is 1.62 bits per heavy atom. The van der Waals surface area contributed by atoms with Crippen LogP contribution in [0.15, 0.2) is 0 Å². The van der Waals surface area contributed by atoms with Crippen molar-refractivity contribution in [1.29, 1.82) is 0 Å². The molecule has 0 bridgehead atoms. The molecule has 92 valence electrons. The zero-order valence-electron chi connectivity index (χ0n) is 10.4. The first kappa shape index (κ1) is 11.0. The molecular formula is C14H26N2. The van der Waals surface area contributed by atoms with Crippen molar-refractivity contribution in [2.75, 3.05) is 13.1 Å². The van der Waals surface area contributed by atoms with Gasteiger partial charge in [-0.2, -0.15) is 0 Å². The van der Waals surface area contributed by atoms with Crippen molar-refractivity contribution in [3.8, 4) is 0 Å². The molecular weight excluding hydrogens is 196 g/mol. The van der Waals surface area contributed by atoms with E-state index in [0.717, 1.165) is 24.4 Å². The third kappa shape index (κ3) is 2.28. The maximum Gasteiger partial charge on any atom is 0.0124 e. The largest absolute Gasteiger partial charge is 0.330 e. The fourth-order valence-electron chi connectivity index (χ4n) is 3.54. The van der Waals surface area contributed by atoms with Gasteiger partial charge in [0.2, 0.25) is 0 Å². The Bertz CT molecular complexity index is 225. The van der Waals surface area contributed by atoms with Gasteiger partial charge in [0.15, 0.2) is 0 Å². The van der Waals surface area contributed by atoms with Crippen LogP contribution in [0.4, 0.5) is 0 Å². The first-order valence-electron chi connectivity index (χ1n) is 7.26. The molecule has 3 aliphatic carbocycles. The van der Waals surface area contributed by atoms with Gasteiger partial charge in [0.05, 0.1) is 0 Å². The second-order valence-corrected chi connectivity index (χ2v) is 6.49. The minimum atomic E-state index is 0.460. The standard InChI is InChI=1S/C14H26N2/c15-9-14(7-1-2-8-14)10-16-13(11-3-4-11)12-5-6-12/h11-13,16H,1-10,15H2. The summed E-state index contributed by atoms with van der Waals surface area (Å²) in [5, 5.41) is 3.90. The molecule has 0 saturated heterocycles. The quantitative estimate of drug-likeness (QED) is 0.723. The maximum absolute atomic E-state index is 6.00. The van der Waals surface area contributed by atoms with Crippen molar-refractivity contribution in [1.82, 2.24) is 5.32 Å². The average Bonchev–Trinajstić information content (AvgIpc) is 3.21. The van der Waals surface area contributed by atoms with Gasteiger partial charge < -0.3 is 11.1 Å². The van der Waals surface area contributed by atoms with Crippen molar-refractivity contribution in [3.05, 3.63) is 0 Å². The van der Waals surface area contributed by atoms with Crippen LogP contribution >= 0.6 is 0 Å². The van der Waals surface area contributed by atoms with Gasteiger partial charge in [0.1, 0.15) is 0 Å². The number of nitrogens with one attached hydrogen (secondary N) is 1. The Kier molecular flexibility index (Phi) is 2.97. The van der Waals surface area contributed by atoms with Gasteiger partial charge in [-0.3, -0.25) is 0 Å². The molecule has 0 unspecified atom stereocenters. The Morgan fingerprint density at radius 1 is 1.06 bits per heavy atom. The lowest BCUT2D eigenvalue weighted by molar-refractivity contribution is 0.260. The van der Waals surface area contributed by atoms with Gasteiger partial charge in [-0.1, -0.05) is 12.8 Å². The molecule has 0 aromatic carbocycles. The fraction of sp³-hybridized carbons (Fsp3) is 1.00. The summed E-state index contributed by atoms with van der Waals surface area (Å²) in [4.78, 5) is 0. The lowest BCUT2D eigenvalue weighted by Gasteiger charge is -2.30. The summed E-state index contributed by atoms with van der Waals surface area (Å²) in [7, 11) is 0. The molecule has 3 rings (SSSR count). The average molecular weight is 222 g/mol. The molecule has 3 fully saturated rings. The monoisotopic (exact) mass is 222 g/mol. The van der Waals surface area contributed by atoms with E-state index in [1.165, 1.54) is 57.9 Å². The fourth-order valence-corrected chi connectivity index (χ4v) is 3.54. The molecule has 0 atom stereocenters. The van der Waals surface area contributed by atoms with Crippen molar-refractivity contribution in [3.63, 3.8) is 0 Å². The van der Waals surface area contributed by atoms with Gasteiger partial charge in [-0.25, -0.2) is 0 Å². The zero-order valence-corrected chi connectivity index (χ0v) is 10.4. The molecule has 0 spiro atoms. The van der Waals surface area contributed by atoms with E-state index in [1.807, 2.05) is 0 Å². The van der Waals surface area contributed by atoms with Crippen LogP contribution in [0.3, 0.4) is 0 Å². The third-order valence-corrected chi connectivity index (χ3v) is 5.07. The summed E-state index contributed by atoms with van der Waals surface area (Å²) in [6, 6.07) is 0.851. The van der Waals surface area contributed by atoms with Crippen LogP contribution in [0.5, 0.6) is 0 Å². The van der Waals surface area contributed by atoms with Crippen LogP contribution < -0.4 is 11.1 Å². The summed E-state index contributed by atoms with van der Waals surface area (Å²) < 4.78 is 0. The molecule has 0 aromatic heterocycles. The predicted octanol–water partition coefficient (Wildman–Crippen LogP) is 2.28. The second-order valence-electron chi connectivity index (χ2n) is 6.49. The van der Waals surface area contributed by atoms with Gasteiger partial charge >= 0.3 is 0 Å². The first-order valence-corrected chi connectivity index (χ1v) is 7.26. The second kappa shape index (κ2) is 4.30. The van der Waals surface area contributed by atoms with Crippen LogP contribution in [0.1, 0.15) is 51.4 Å². The zero-order chi connectivity index (χ0) is 11.0. The summed E-state index contributed by atoms with van der Waals surface area (Å²) in [5.74, 6) is 2.03. The molecule has 0 aliphatic heterocycles. The maximum atomic E-state index is 6.00. The summed E-state index contributed by atoms with van der Waals surface area (Å²) >= 11 is 0. The van der Waals surface area contributed by atoms with Crippen LogP contribution in [0.2, 0.25) is 0 Å². The first-order chi connectivity index (χ1) is 7.83. The summed E-state index contributed by atoms with van der Waals surface area (Å²) in [6.45, 7) is 2.09. The minimum absolute atomic E-state index is 0.460. The SMILES string of the molecule is NCC1(CNC(C2CC2)C2CC2)CCCC1. The number of rotatable bonds is 6. The van der Waals surface area contributed by atoms with Crippen molar-refractivity contribution in [2.45, 2.75) is 57.4 Å². The van der Waals surface area contributed by atoms with Crippen LogP contribution in [0.25, 0.3) is 0 Å². The Morgan fingerprint density at radius 3 is 2.06 bits per heavy atom. The highest BCUT2D eigenvalue weighted by molar-refractivity contribution is 4.98. The van der Waals surface area contributed by atoms with Crippen LogP contribution in [-0.2, 0) is 0 Å². The lowest BCUT2D eigenvalue weighted by atomic mass is 9.85. The van der Waals surface area contributed by atoms with E-state index >= 15 is 0 Å². The van der Waals surface area contributed by atoms with Crippen molar-refractivity contribution in [2.24, 2.45) is 23.0 Å². The van der Waals surface area contributed by atoms with Gasteiger partial charge in [0.25, 0.3) is 0 Å². The van der Waals surface area contributed by atoms with E-state index in [-0.39, 0.29) is 0 Å². The van der Waals surface area contributed by atoms with E-state index in [4.69, 9.17) is 5.73 Å². The smallest absolute Gasteiger partial charge is 0.0124 e. The molecule has 2 nitrogen and oxygen atoms in total. The Labute approximate surface area is 99.4 Å². The van der Waals surface area contributed by atoms with Crippen molar-refractivity contribution < 1.29 is 0 Å². The lowest BCUT2D eigenvalue weighted by Crippen LogP contribution is -2.44. The summed E-state index contributed by atoms with van der Waals surface area (Å²) in [6.07, 6.45) is 11.4. The van der Waals surface area contributed by atoms with Crippen molar-refractivity contribution >= 4 is 0 Å². The molecule has 3 aliphatic rings. The van der Waals surface area contributed by atoms with E-state index in [2.05, 4.69) is 5.32 Å². The molecule has 16 heavy (non-hydrogen) atoms. The van der Waals surface area contributed by atoms with E-state index < -0.39 is 0 Å². The van der Waals surface area contributed by atoms with Crippen LogP contribution in [-0.4, -0.2) is 19.1 Å². The molecule has 2 heteroatoms.